The van der Waals surface area contributed by atoms with Gasteiger partial charge < -0.3 is 27.0 Å². The number of aliphatic hydroxyl groups excluding tert-OH is 1. The molecule has 0 spiro atoms. The van der Waals surface area contributed by atoms with Gasteiger partial charge in [0.1, 0.15) is 5.75 Å². The molecule has 0 fully saturated rings. The Morgan fingerprint density at radius 2 is 1.79 bits per heavy atom. The molecular weight excluding hydrogens is 667 g/mol. The molecule has 166 valence electrons. The number of nitrogens with zero attached hydrogens (tertiary/aromatic N) is 1. The summed E-state index contributed by atoms with van der Waals surface area (Å²) in [5.41, 5.74) is 5.88. The topological polar surface area (TPSA) is 59.4 Å². The number of allylic oxidation sites excluding steroid dienone is 2. The smallest absolute Gasteiger partial charge is 0.155 e. The van der Waals surface area contributed by atoms with E-state index in [0.717, 1.165) is 44.6 Å². The summed E-state index contributed by atoms with van der Waals surface area (Å²) in [6, 6.07) is 29.7. The zero-order valence-electron chi connectivity index (χ0n) is 18.2. The minimum Gasteiger partial charge on any atom is -0.512 e. The number of hydrogen-bond acceptors (Lipinski definition) is 4. The molecule has 3 aromatic carbocycles. The van der Waals surface area contributed by atoms with Gasteiger partial charge in [-0.1, -0.05) is 18.2 Å². The van der Waals surface area contributed by atoms with Crippen LogP contribution in [0.1, 0.15) is 19.4 Å². The molecule has 0 saturated heterocycles. The first-order valence-corrected chi connectivity index (χ1v) is 9.86. The van der Waals surface area contributed by atoms with Gasteiger partial charge in [0, 0.05) is 70.9 Å². The average molecular weight is 688 g/mol. The predicted octanol–water partition coefficient (Wildman–Crippen LogP) is 5.89. The fourth-order valence-corrected chi connectivity index (χ4v) is 3.45. The molecule has 33 heavy (non-hydrogen) atoms. The van der Waals surface area contributed by atoms with Crippen LogP contribution in [0.3, 0.4) is 0 Å². The van der Waals surface area contributed by atoms with Crippen molar-refractivity contribution < 1.29 is 67.5 Å². The second kappa shape index (κ2) is 12.3. The fraction of sp³-hybridized carbons (Fsp3) is 0.111. The third-order valence-electron chi connectivity index (χ3n) is 4.72. The summed E-state index contributed by atoms with van der Waals surface area (Å²) in [4.78, 5) is 14.8. The first kappa shape index (κ1) is 27.1. The van der Waals surface area contributed by atoms with Crippen LogP contribution in [0.4, 0.5) is 0 Å². The Morgan fingerprint density at radius 1 is 1.06 bits per heavy atom. The second-order valence-corrected chi connectivity index (χ2v) is 7.15. The first-order chi connectivity index (χ1) is 15.0. The van der Waals surface area contributed by atoms with Gasteiger partial charge in [0.25, 0.3) is 0 Å². The molecule has 2 radical (unpaired) electrons. The standard InChI is InChI=1S/C22H12NO.C5H8O2.Ir.Y/c1-2-7-15(8-3-1)17-10-6-11-18-19(17)14-24-21-13-16-9-4-5-12-20(16)23-22(18)21;1-4(6)3-5(2)7;;/h1-7,9,12-13H,14H2;3,6H,1-2H3;;/q-3;;;/b;4-3-;;. The number of para-hydroxylation sites is 1. The van der Waals surface area contributed by atoms with Crippen molar-refractivity contribution in [1.29, 1.82) is 0 Å². The normalized spacial score (nSPS) is 11.4. The number of fused-ring (bicyclic) bond motifs is 4. The number of pyridine rings is 1. The molecule has 0 saturated carbocycles. The van der Waals surface area contributed by atoms with Gasteiger partial charge in [0.05, 0.1) is 17.0 Å². The van der Waals surface area contributed by atoms with Gasteiger partial charge in [0.15, 0.2) is 5.78 Å². The van der Waals surface area contributed by atoms with Crippen LogP contribution < -0.4 is 4.74 Å². The van der Waals surface area contributed by atoms with E-state index >= 15 is 0 Å². The number of aliphatic hydroxyl groups is 1. The van der Waals surface area contributed by atoms with Crippen molar-refractivity contribution in [1.82, 2.24) is 4.98 Å². The van der Waals surface area contributed by atoms with Gasteiger partial charge >= 0.3 is 0 Å². The molecule has 1 aliphatic heterocycles. The molecule has 1 aliphatic rings. The summed E-state index contributed by atoms with van der Waals surface area (Å²) in [5.74, 6) is 0.749. The van der Waals surface area contributed by atoms with Crippen LogP contribution in [0.15, 0.2) is 72.5 Å². The molecule has 0 atom stereocenters. The van der Waals surface area contributed by atoms with Gasteiger partial charge in [-0.15, -0.1) is 6.07 Å². The number of carbonyl (C=O) groups excluding carboxylic acids is 1. The number of carbonyl (C=O) groups is 1. The zero-order chi connectivity index (χ0) is 21.8. The molecule has 4 aromatic rings. The number of aromatic nitrogens is 1. The van der Waals surface area contributed by atoms with Crippen molar-refractivity contribution in [2.24, 2.45) is 0 Å². The van der Waals surface area contributed by atoms with E-state index in [9.17, 15) is 4.79 Å². The molecule has 4 nitrogen and oxygen atoms in total. The monoisotopic (exact) mass is 688 g/mol. The molecule has 1 aromatic heterocycles. The number of rotatable bonds is 2. The molecule has 0 aliphatic carbocycles. The van der Waals surface area contributed by atoms with E-state index in [4.69, 9.17) is 14.8 Å². The Hall–Kier alpha value is -2.17. The van der Waals surface area contributed by atoms with Gasteiger partial charge in [-0.25, -0.2) is 22.7 Å². The van der Waals surface area contributed by atoms with Crippen LogP contribution in [0.25, 0.3) is 33.3 Å². The Labute approximate surface area is 232 Å². The molecule has 5 rings (SSSR count). The van der Waals surface area contributed by atoms with E-state index in [-0.39, 0.29) is 64.4 Å². The van der Waals surface area contributed by atoms with Gasteiger partial charge in [-0.2, -0.15) is 17.7 Å². The Kier molecular flexibility index (Phi) is 10.1. The number of ether oxygens (including phenoxy) is 1. The molecule has 2 heterocycles. The largest absolute Gasteiger partial charge is 0.512 e. The molecule has 1 N–H and O–H groups in total. The van der Waals surface area contributed by atoms with Crippen LogP contribution in [-0.2, 0) is 64.2 Å². The fourth-order valence-electron chi connectivity index (χ4n) is 3.45. The summed E-state index contributed by atoms with van der Waals surface area (Å²) in [7, 11) is 0. The molecular formula is C27H20IrNO3Y-3. The zero-order valence-corrected chi connectivity index (χ0v) is 23.4. The van der Waals surface area contributed by atoms with E-state index in [1.165, 1.54) is 19.9 Å². The summed E-state index contributed by atoms with van der Waals surface area (Å²) in [6.45, 7) is 3.34. The SMILES string of the molecule is CC(=O)/C=C(/C)O.[Ir].[Y].[c-]1ccccc1-c1[c-]c[c-]c2c1COc1cc3ccccc3nc1-2. The van der Waals surface area contributed by atoms with Gasteiger partial charge in [-0.05, 0) is 26.0 Å². The summed E-state index contributed by atoms with van der Waals surface area (Å²) >= 11 is 0. The van der Waals surface area contributed by atoms with Crippen molar-refractivity contribution in [3.05, 3.63) is 96.3 Å². The van der Waals surface area contributed by atoms with E-state index in [0.29, 0.717) is 6.61 Å². The first-order valence-electron chi connectivity index (χ1n) is 9.86. The molecule has 0 amide bonds. The van der Waals surface area contributed by atoms with Crippen molar-refractivity contribution in [2.75, 3.05) is 0 Å². The third kappa shape index (κ3) is 6.46. The number of hydrogen-bond donors (Lipinski definition) is 1. The predicted molar refractivity (Wildman–Crippen MR) is 121 cm³/mol. The Bertz CT molecular complexity index is 1290. The Balaban J connectivity index is 0.000000379. The summed E-state index contributed by atoms with van der Waals surface area (Å²) in [5, 5.41) is 9.45. The summed E-state index contributed by atoms with van der Waals surface area (Å²) < 4.78 is 6.00. The summed E-state index contributed by atoms with van der Waals surface area (Å²) in [6.07, 6.45) is 1.17. The minimum absolute atomic E-state index is 0. The maximum absolute atomic E-state index is 10.0. The molecule has 0 unspecified atom stereocenters. The van der Waals surface area contributed by atoms with Crippen molar-refractivity contribution in [2.45, 2.75) is 20.5 Å². The van der Waals surface area contributed by atoms with Crippen LogP contribution in [0.2, 0.25) is 0 Å². The molecule has 6 heteroatoms. The van der Waals surface area contributed by atoms with Crippen LogP contribution >= 0.6 is 0 Å². The van der Waals surface area contributed by atoms with Crippen molar-refractivity contribution in [3.8, 4) is 28.1 Å². The van der Waals surface area contributed by atoms with E-state index < -0.39 is 0 Å². The van der Waals surface area contributed by atoms with E-state index in [1.54, 1.807) is 0 Å². The quantitative estimate of drug-likeness (QED) is 0.162. The Morgan fingerprint density at radius 3 is 2.45 bits per heavy atom. The van der Waals surface area contributed by atoms with Crippen molar-refractivity contribution >= 4 is 16.7 Å². The van der Waals surface area contributed by atoms with Gasteiger partial charge in [-0.3, -0.25) is 16.9 Å². The van der Waals surface area contributed by atoms with Gasteiger partial charge in [0.2, 0.25) is 0 Å². The third-order valence-corrected chi connectivity index (χ3v) is 4.72. The number of ketones is 1. The maximum atomic E-state index is 10.0. The van der Waals surface area contributed by atoms with E-state index in [1.807, 2.05) is 54.6 Å². The average Bonchev–Trinajstić information content (AvgIpc) is 2.77. The van der Waals surface area contributed by atoms with E-state index in [2.05, 4.69) is 24.3 Å². The second-order valence-electron chi connectivity index (χ2n) is 7.15. The van der Waals surface area contributed by atoms with Crippen LogP contribution in [0.5, 0.6) is 5.75 Å². The molecule has 0 bridgehead atoms. The maximum Gasteiger partial charge on any atom is 0.155 e. The van der Waals surface area contributed by atoms with Crippen molar-refractivity contribution in [3.63, 3.8) is 0 Å². The van der Waals surface area contributed by atoms with Crippen LogP contribution in [-0.4, -0.2) is 15.9 Å². The van der Waals surface area contributed by atoms with Crippen LogP contribution in [0, 0.1) is 18.2 Å². The number of benzene rings is 3. The minimum atomic E-state index is -0.125.